The second-order valence-corrected chi connectivity index (χ2v) is 10.1. The Morgan fingerprint density at radius 1 is 1.06 bits per heavy atom. The summed E-state index contributed by atoms with van der Waals surface area (Å²) < 4.78 is 22.5. The molecule has 6 nitrogen and oxygen atoms in total. The number of carbonyl (C=O) groups is 1. The van der Waals surface area contributed by atoms with Crippen LogP contribution in [0.1, 0.15) is 22.2 Å². The predicted octanol–water partition coefficient (Wildman–Crippen LogP) is 5.89. The first kappa shape index (κ1) is 24.1. The summed E-state index contributed by atoms with van der Waals surface area (Å²) in [6.07, 6.45) is 1.58. The van der Waals surface area contributed by atoms with Crippen molar-refractivity contribution in [1.82, 2.24) is 14.6 Å². The van der Waals surface area contributed by atoms with E-state index in [1.54, 1.807) is 46.8 Å². The van der Waals surface area contributed by atoms with Crippen molar-refractivity contribution in [2.24, 2.45) is 0 Å². The molecule has 0 aliphatic rings. The van der Waals surface area contributed by atoms with Crippen LogP contribution in [0.4, 0.5) is 4.39 Å². The molecule has 36 heavy (non-hydrogen) atoms. The molecule has 3 aromatic heterocycles. The number of halogens is 1. The molecule has 0 unspecified atom stereocenters. The minimum atomic E-state index is -0.739. The van der Waals surface area contributed by atoms with Gasteiger partial charge in [-0.2, -0.15) is 0 Å². The molecule has 0 fully saturated rings. The number of nitrogens with one attached hydrogen (secondary N) is 2. The maximum Gasteiger partial charge on any atom is 0.248 e. The van der Waals surface area contributed by atoms with E-state index in [-0.39, 0.29) is 17.3 Å². The number of aromatic amines is 1. The van der Waals surface area contributed by atoms with Crippen LogP contribution in [-0.2, 0) is 17.9 Å². The Labute approximate surface area is 214 Å². The van der Waals surface area contributed by atoms with Crippen LogP contribution in [0.5, 0.6) is 0 Å². The number of rotatable bonds is 9. The van der Waals surface area contributed by atoms with Gasteiger partial charge in [0, 0.05) is 21.4 Å². The third-order valence-electron chi connectivity index (χ3n) is 5.61. The quantitative estimate of drug-likeness (QED) is 0.238. The Morgan fingerprint density at radius 3 is 2.67 bits per heavy atom. The number of fused-ring (bicyclic) bond motifs is 1. The minimum absolute atomic E-state index is 0.162. The number of H-pyrrole nitrogens is 1. The highest BCUT2D eigenvalue weighted by Crippen LogP contribution is 2.27. The van der Waals surface area contributed by atoms with Crippen LogP contribution >= 0.6 is 23.3 Å². The fourth-order valence-electron chi connectivity index (χ4n) is 3.81. The molecule has 2 N–H and O–H groups in total. The zero-order valence-electron chi connectivity index (χ0n) is 19.0. The molecule has 0 spiro atoms. The first-order valence-corrected chi connectivity index (χ1v) is 12.9. The van der Waals surface area contributed by atoms with Crippen molar-refractivity contribution in [3.63, 3.8) is 0 Å². The molecular weight excluding hydrogens is 497 g/mol. The third kappa shape index (κ3) is 5.76. The summed E-state index contributed by atoms with van der Waals surface area (Å²) >= 11 is 2.88. The second-order valence-electron chi connectivity index (χ2n) is 8.13. The van der Waals surface area contributed by atoms with Gasteiger partial charge >= 0.3 is 0 Å². The maximum absolute atomic E-state index is 13.9. The number of amides is 1. The lowest BCUT2D eigenvalue weighted by molar-refractivity contribution is -0.134. The van der Waals surface area contributed by atoms with E-state index in [1.165, 1.54) is 30.1 Å². The number of nitrogens with zero attached hydrogens (tertiary/aromatic N) is 1. The Morgan fingerprint density at radius 2 is 1.92 bits per heavy atom. The molecule has 5 aromatic rings. The van der Waals surface area contributed by atoms with E-state index in [2.05, 4.69) is 9.71 Å². The zero-order chi connectivity index (χ0) is 24.9. The molecule has 1 atom stereocenters. The van der Waals surface area contributed by atoms with Gasteiger partial charge in [0.2, 0.25) is 11.5 Å². The first-order valence-electron chi connectivity index (χ1n) is 11.2. The van der Waals surface area contributed by atoms with Crippen LogP contribution in [0, 0.1) is 5.82 Å². The molecule has 182 valence electrons. The lowest BCUT2D eigenvalue weighted by Gasteiger charge is -2.27. The molecule has 1 amide bonds. The largest absolute Gasteiger partial charge is 0.467 e. The van der Waals surface area contributed by atoms with E-state index in [9.17, 15) is 14.0 Å². The van der Waals surface area contributed by atoms with Crippen molar-refractivity contribution in [3.05, 3.63) is 123 Å². The van der Waals surface area contributed by atoms with Gasteiger partial charge in [-0.05, 0) is 82.9 Å². The lowest BCUT2D eigenvalue weighted by Crippen LogP contribution is -2.38. The summed E-state index contributed by atoms with van der Waals surface area (Å²) in [6, 6.07) is 21.6. The van der Waals surface area contributed by atoms with Gasteiger partial charge in [-0.1, -0.05) is 18.2 Å². The number of benzene rings is 2. The molecule has 0 aliphatic heterocycles. The smallest absolute Gasteiger partial charge is 0.248 e. The van der Waals surface area contributed by atoms with Gasteiger partial charge in [0.1, 0.15) is 17.6 Å². The minimum Gasteiger partial charge on any atom is -0.467 e. The predicted molar refractivity (Wildman–Crippen MR) is 140 cm³/mol. The van der Waals surface area contributed by atoms with Crippen molar-refractivity contribution in [2.45, 2.75) is 24.0 Å². The van der Waals surface area contributed by atoms with Gasteiger partial charge in [-0.3, -0.25) is 9.59 Å². The number of pyridine rings is 1. The molecule has 0 saturated carbocycles. The van der Waals surface area contributed by atoms with E-state index in [1.807, 2.05) is 41.8 Å². The molecular formula is C27H22FN3O3S2. The molecule has 3 heterocycles. The van der Waals surface area contributed by atoms with E-state index >= 15 is 0 Å². The van der Waals surface area contributed by atoms with Gasteiger partial charge in [0.15, 0.2) is 0 Å². The second kappa shape index (κ2) is 10.9. The number of thiophene rings is 1. The van der Waals surface area contributed by atoms with Gasteiger partial charge in [0.05, 0.1) is 19.4 Å². The highest BCUT2D eigenvalue weighted by molar-refractivity contribution is 7.97. The van der Waals surface area contributed by atoms with Gasteiger partial charge in [-0.25, -0.2) is 9.11 Å². The summed E-state index contributed by atoms with van der Waals surface area (Å²) in [6.45, 7) is 0.724. The summed E-state index contributed by atoms with van der Waals surface area (Å²) in [5, 5.41) is 2.85. The summed E-state index contributed by atoms with van der Waals surface area (Å²) in [5.41, 5.74) is 1.22. The first-order chi connectivity index (χ1) is 17.5. The van der Waals surface area contributed by atoms with Crippen LogP contribution in [0.25, 0.3) is 10.9 Å². The van der Waals surface area contributed by atoms with E-state index in [4.69, 9.17) is 4.42 Å². The standard InChI is InChI=1S/C27H22FN3O3S2/c28-20-8-5-18(6-9-20)26(30-36-22-10-11-24-19(15-22)7-12-25(32)29-24)27(33)31(16-21-3-1-13-34-21)17-23-4-2-14-35-23/h1-15,26,30H,16-17H2,(H,29,32)/t26-/m0/s1. The lowest BCUT2D eigenvalue weighted by atomic mass is 10.1. The number of carbonyl (C=O) groups excluding carboxylic acids is 1. The summed E-state index contributed by atoms with van der Waals surface area (Å²) in [7, 11) is 0. The molecule has 0 radical (unpaired) electrons. The highest BCUT2D eigenvalue weighted by atomic mass is 32.2. The average molecular weight is 520 g/mol. The van der Waals surface area contributed by atoms with Crippen LogP contribution in [-0.4, -0.2) is 15.8 Å². The van der Waals surface area contributed by atoms with E-state index in [0.29, 0.717) is 24.4 Å². The van der Waals surface area contributed by atoms with Crippen LogP contribution in [0.2, 0.25) is 0 Å². The van der Waals surface area contributed by atoms with Crippen LogP contribution in [0.15, 0.2) is 105 Å². The third-order valence-corrected chi connectivity index (χ3v) is 7.31. The van der Waals surface area contributed by atoms with Gasteiger partial charge in [0.25, 0.3) is 0 Å². The van der Waals surface area contributed by atoms with Crippen LogP contribution < -0.4 is 10.3 Å². The molecule has 0 saturated heterocycles. The Hall–Kier alpha value is -3.66. The normalized spacial score (nSPS) is 12.0. The van der Waals surface area contributed by atoms with Crippen molar-refractivity contribution in [3.8, 4) is 0 Å². The number of aromatic nitrogens is 1. The SMILES string of the molecule is O=C([C@@H](NSc1ccc2[nH]c(=O)ccc2c1)c1ccc(F)cc1)N(Cc1ccco1)Cc1cccs1. The van der Waals surface area contributed by atoms with Crippen LogP contribution in [0.3, 0.4) is 0 Å². The van der Waals surface area contributed by atoms with Crippen molar-refractivity contribution in [2.75, 3.05) is 0 Å². The van der Waals surface area contributed by atoms with E-state index < -0.39 is 6.04 Å². The maximum atomic E-state index is 13.9. The Balaban J connectivity index is 1.43. The van der Waals surface area contributed by atoms with Gasteiger partial charge in [-0.15, -0.1) is 11.3 Å². The zero-order valence-corrected chi connectivity index (χ0v) is 20.7. The molecule has 9 heteroatoms. The van der Waals surface area contributed by atoms with Gasteiger partial charge < -0.3 is 14.3 Å². The van der Waals surface area contributed by atoms with Crippen molar-refractivity contribution < 1.29 is 13.6 Å². The molecule has 2 aromatic carbocycles. The fraction of sp³-hybridized carbons (Fsp3) is 0.111. The molecule has 0 aliphatic carbocycles. The Bertz CT molecular complexity index is 1460. The average Bonchev–Trinajstić information content (AvgIpc) is 3.59. The van der Waals surface area contributed by atoms with Crippen molar-refractivity contribution in [1.29, 1.82) is 0 Å². The summed E-state index contributed by atoms with van der Waals surface area (Å²) in [4.78, 5) is 32.0. The number of hydrogen-bond donors (Lipinski definition) is 2. The monoisotopic (exact) mass is 519 g/mol. The Kier molecular flexibility index (Phi) is 7.31. The topological polar surface area (TPSA) is 78.3 Å². The van der Waals surface area contributed by atoms with Crippen molar-refractivity contribution >= 4 is 40.1 Å². The molecule has 0 bridgehead atoms. The highest BCUT2D eigenvalue weighted by Gasteiger charge is 2.27. The number of hydrogen-bond acceptors (Lipinski definition) is 6. The molecule has 5 rings (SSSR count). The van der Waals surface area contributed by atoms with E-state index in [0.717, 1.165) is 20.7 Å². The summed E-state index contributed by atoms with van der Waals surface area (Å²) in [5.74, 6) is 0.144. The fourth-order valence-corrected chi connectivity index (χ4v) is 5.35. The number of furan rings is 1.